The van der Waals surface area contributed by atoms with Crippen LogP contribution in [-0.4, -0.2) is 38.0 Å². The number of fused-ring (bicyclic) bond motifs is 1. The number of thioether (sulfide) groups is 1. The first-order chi connectivity index (χ1) is 16.5. The Morgan fingerprint density at radius 2 is 1.62 bits per heavy atom. The van der Waals surface area contributed by atoms with Crippen LogP contribution in [0.1, 0.15) is 11.1 Å². The zero-order valence-corrected chi connectivity index (χ0v) is 20.6. The van der Waals surface area contributed by atoms with Crippen LogP contribution in [-0.2, 0) is 5.75 Å². The Hall–Kier alpha value is -3.65. The Labute approximate surface area is 202 Å². The largest absolute Gasteiger partial charge is 0.497 e. The maximum atomic E-state index is 13.9. The molecular formula is C26H26N2O5S. The Kier molecular flexibility index (Phi) is 6.98. The summed E-state index contributed by atoms with van der Waals surface area (Å²) >= 11 is 1.47. The Morgan fingerprint density at radius 3 is 2.26 bits per heavy atom. The number of methoxy groups -OCH3 is 4. The van der Waals surface area contributed by atoms with Gasteiger partial charge in [-0.25, -0.2) is 4.98 Å². The molecule has 8 heteroatoms. The van der Waals surface area contributed by atoms with Gasteiger partial charge in [0, 0.05) is 11.8 Å². The number of aryl methyl sites for hydroxylation is 1. The molecule has 0 unspecified atom stereocenters. The maximum absolute atomic E-state index is 13.9. The second-order valence-corrected chi connectivity index (χ2v) is 8.49. The molecule has 0 fully saturated rings. The first-order valence-electron chi connectivity index (χ1n) is 10.6. The van der Waals surface area contributed by atoms with Gasteiger partial charge in [-0.05, 0) is 30.7 Å². The van der Waals surface area contributed by atoms with E-state index in [1.165, 1.54) is 38.7 Å². The van der Waals surface area contributed by atoms with Crippen LogP contribution in [0.5, 0.6) is 23.0 Å². The molecule has 0 aliphatic carbocycles. The quantitative estimate of drug-likeness (QED) is 0.260. The van der Waals surface area contributed by atoms with Gasteiger partial charge in [-0.3, -0.25) is 9.36 Å². The van der Waals surface area contributed by atoms with Gasteiger partial charge in [0.1, 0.15) is 11.3 Å². The van der Waals surface area contributed by atoms with Gasteiger partial charge in [-0.2, -0.15) is 0 Å². The molecule has 0 bridgehead atoms. The van der Waals surface area contributed by atoms with Crippen LogP contribution in [0.4, 0.5) is 0 Å². The summed E-state index contributed by atoms with van der Waals surface area (Å²) in [5.41, 5.74) is 3.14. The lowest BCUT2D eigenvalue weighted by Crippen LogP contribution is -2.22. The van der Waals surface area contributed by atoms with Crippen LogP contribution in [0, 0.1) is 6.92 Å². The number of aromatic nitrogens is 2. The van der Waals surface area contributed by atoms with Crippen LogP contribution in [0.2, 0.25) is 0 Å². The molecule has 0 saturated heterocycles. The van der Waals surface area contributed by atoms with E-state index in [9.17, 15) is 4.79 Å². The second kappa shape index (κ2) is 10.1. The van der Waals surface area contributed by atoms with E-state index in [-0.39, 0.29) is 5.56 Å². The van der Waals surface area contributed by atoms with E-state index >= 15 is 0 Å². The topological polar surface area (TPSA) is 71.8 Å². The molecule has 0 aliphatic heterocycles. The van der Waals surface area contributed by atoms with E-state index in [1.807, 2.05) is 24.3 Å². The van der Waals surface area contributed by atoms with E-state index in [4.69, 9.17) is 23.9 Å². The fraction of sp³-hybridized carbons (Fsp3) is 0.231. The van der Waals surface area contributed by atoms with Gasteiger partial charge in [0.25, 0.3) is 5.56 Å². The third kappa shape index (κ3) is 4.41. The number of rotatable bonds is 8. The third-order valence-electron chi connectivity index (χ3n) is 5.44. The van der Waals surface area contributed by atoms with Crippen LogP contribution in [0.3, 0.4) is 0 Å². The van der Waals surface area contributed by atoms with E-state index < -0.39 is 0 Å². The highest BCUT2D eigenvalue weighted by molar-refractivity contribution is 7.98. The Balaban J connectivity index is 1.97. The molecule has 7 nitrogen and oxygen atoms in total. The molecule has 0 N–H and O–H groups in total. The first-order valence-corrected chi connectivity index (χ1v) is 11.6. The van der Waals surface area contributed by atoms with Crippen molar-refractivity contribution in [2.24, 2.45) is 0 Å². The van der Waals surface area contributed by atoms with Crippen molar-refractivity contribution in [2.45, 2.75) is 17.8 Å². The number of hydrogen-bond donors (Lipinski definition) is 0. The summed E-state index contributed by atoms with van der Waals surface area (Å²) < 4.78 is 23.6. The highest BCUT2D eigenvalue weighted by atomic mass is 32.2. The van der Waals surface area contributed by atoms with Crippen LogP contribution in [0.15, 0.2) is 64.5 Å². The summed E-state index contributed by atoms with van der Waals surface area (Å²) in [7, 11) is 6.15. The molecule has 0 atom stereocenters. The van der Waals surface area contributed by atoms with Crippen LogP contribution >= 0.6 is 11.8 Å². The Bertz CT molecular complexity index is 1380. The summed E-state index contributed by atoms with van der Waals surface area (Å²) in [4.78, 5) is 18.7. The fourth-order valence-corrected chi connectivity index (χ4v) is 4.64. The summed E-state index contributed by atoms with van der Waals surface area (Å²) in [5, 5.41) is 0.883. The minimum atomic E-state index is -0.246. The first kappa shape index (κ1) is 23.5. The van der Waals surface area contributed by atoms with Crippen molar-refractivity contribution in [2.75, 3.05) is 28.4 Å². The minimum Gasteiger partial charge on any atom is -0.497 e. The average Bonchev–Trinajstić information content (AvgIpc) is 2.87. The number of nitrogens with zero attached hydrogens (tertiary/aromatic N) is 2. The summed E-state index contributed by atoms with van der Waals surface area (Å²) in [5.74, 6) is 2.41. The van der Waals surface area contributed by atoms with Gasteiger partial charge in [0.05, 0.1) is 39.5 Å². The van der Waals surface area contributed by atoms with Crippen molar-refractivity contribution in [3.8, 4) is 28.7 Å². The molecule has 176 valence electrons. The highest BCUT2D eigenvalue weighted by Crippen LogP contribution is 2.42. The molecule has 34 heavy (non-hydrogen) atoms. The molecule has 0 aliphatic rings. The van der Waals surface area contributed by atoms with Gasteiger partial charge < -0.3 is 18.9 Å². The van der Waals surface area contributed by atoms with Gasteiger partial charge in [-0.1, -0.05) is 47.7 Å². The smallest absolute Gasteiger partial charge is 0.266 e. The molecule has 1 heterocycles. The molecule has 1 aromatic heterocycles. The molecule has 0 saturated carbocycles. The van der Waals surface area contributed by atoms with Crippen molar-refractivity contribution < 1.29 is 18.9 Å². The monoisotopic (exact) mass is 478 g/mol. The Morgan fingerprint density at radius 1 is 0.882 bits per heavy atom. The lowest BCUT2D eigenvalue weighted by atomic mass is 10.2. The molecule has 0 radical (unpaired) electrons. The standard InChI is InChI=1S/C26H26N2O5S/c1-16-9-11-17(12-10-16)15-34-26-27-22-20(14-21(31-3)23(32-4)24(22)33-5)25(29)28(26)18-7-6-8-19(13-18)30-2/h6-14H,15H2,1-5H3. The second-order valence-electron chi connectivity index (χ2n) is 7.55. The van der Waals surface area contributed by atoms with Gasteiger partial charge in [0.2, 0.25) is 5.75 Å². The predicted octanol–water partition coefficient (Wildman–Crippen LogP) is 5.02. The number of benzene rings is 3. The van der Waals surface area contributed by atoms with Crippen molar-refractivity contribution in [1.29, 1.82) is 0 Å². The third-order valence-corrected chi connectivity index (χ3v) is 6.45. The minimum absolute atomic E-state index is 0.246. The lowest BCUT2D eigenvalue weighted by Gasteiger charge is -2.18. The highest BCUT2D eigenvalue weighted by Gasteiger charge is 2.23. The average molecular weight is 479 g/mol. The van der Waals surface area contributed by atoms with Crippen molar-refractivity contribution in [3.05, 3.63) is 76.1 Å². The normalized spacial score (nSPS) is 10.9. The van der Waals surface area contributed by atoms with E-state index in [0.717, 1.165) is 5.56 Å². The maximum Gasteiger partial charge on any atom is 0.266 e. The molecule has 0 amide bonds. The van der Waals surface area contributed by atoms with Crippen molar-refractivity contribution in [3.63, 3.8) is 0 Å². The summed E-state index contributed by atoms with van der Waals surface area (Å²) in [6, 6.07) is 17.3. The summed E-state index contributed by atoms with van der Waals surface area (Å²) in [6.07, 6.45) is 0. The SMILES string of the molecule is COc1cccc(-n2c(SCc3ccc(C)cc3)nc3c(OC)c(OC)c(OC)cc3c2=O)c1. The van der Waals surface area contributed by atoms with E-state index in [0.29, 0.717) is 50.5 Å². The van der Waals surface area contributed by atoms with Gasteiger partial charge in [-0.15, -0.1) is 0 Å². The van der Waals surface area contributed by atoms with Gasteiger partial charge in [0.15, 0.2) is 16.7 Å². The van der Waals surface area contributed by atoms with E-state index in [1.54, 1.807) is 17.7 Å². The lowest BCUT2D eigenvalue weighted by molar-refractivity contribution is 0.326. The molecule has 4 rings (SSSR count). The van der Waals surface area contributed by atoms with Gasteiger partial charge >= 0.3 is 0 Å². The van der Waals surface area contributed by atoms with Crippen LogP contribution in [0.25, 0.3) is 16.6 Å². The van der Waals surface area contributed by atoms with Crippen LogP contribution < -0.4 is 24.5 Å². The molecular weight excluding hydrogens is 452 g/mol. The predicted molar refractivity (Wildman–Crippen MR) is 134 cm³/mol. The van der Waals surface area contributed by atoms with E-state index in [2.05, 4.69) is 31.2 Å². The zero-order chi connectivity index (χ0) is 24.2. The van der Waals surface area contributed by atoms with Crippen molar-refractivity contribution in [1.82, 2.24) is 9.55 Å². The molecule has 4 aromatic rings. The van der Waals surface area contributed by atoms with Crippen molar-refractivity contribution >= 4 is 22.7 Å². The zero-order valence-electron chi connectivity index (χ0n) is 19.7. The molecule has 0 spiro atoms. The molecule has 3 aromatic carbocycles. The summed E-state index contributed by atoms with van der Waals surface area (Å²) in [6.45, 7) is 2.05. The fourth-order valence-electron chi connectivity index (χ4n) is 3.67. The number of hydrogen-bond acceptors (Lipinski definition) is 7. The number of ether oxygens (including phenoxy) is 4.